The lowest BCUT2D eigenvalue weighted by atomic mass is 10.3. The first-order valence-corrected chi connectivity index (χ1v) is 4.20. The molecule has 5 heteroatoms. The monoisotopic (exact) mass is 206 g/mol. The van der Waals surface area contributed by atoms with Crippen molar-refractivity contribution in [3.63, 3.8) is 0 Å². The molecule has 0 bridgehead atoms. The van der Waals surface area contributed by atoms with E-state index >= 15 is 0 Å². The third-order valence-electron chi connectivity index (χ3n) is 1.47. The summed E-state index contributed by atoms with van der Waals surface area (Å²) in [5, 5.41) is 13.0. The van der Waals surface area contributed by atoms with Gasteiger partial charge in [-0.25, -0.2) is 9.59 Å². The highest BCUT2D eigenvalue weighted by molar-refractivity contribution is 5.90. The van der Waals surface area contributed by atoms with Crippen LogP contribution in [0.25, 0.3) is 0 Å². The van der Waals surface area contributed by atoms with E-state index in [4.69, 9.17) is 5.11 Å². The molecule has 0 aliphatic carbocycles. The smallest absolute Gasteiger partial charge is 0.329 e. The van der Waals surface area contributed by atoms with Crippen molar-refractivity contribution in [2.75, 3.05) is 5.32 Å². The Morgan fingerprint density at radius 2 is 1.87 bits per heavy atom. The molecular weight excluding hydrogens is 196 g/mol. The second-order valence-electron chi connectivity index (χ2n) is 2.64. The molecule has 3 N–H and O–H groups in total. The van der Waals surface area contributed by atoms with Crippen LogP contribution in [0, 0.1) is 0 Å². The molecule has 1 aromatic carbocycles. The van der Waals surface area contributed by atoms with Crippen molar-refractivity contribution < 1.29 is 14.7 Å². The molecule has 0 spiro atoms. The van der Waals surface area contributed by atoms with Gasteiger partial charge in [0.2, 0.25) is 0 Å². The molecule has 0 saturated carbocycles. The zero-order valence-electron chi connectivity index (χ0n) is 7.81. The number of anilines is 1. The number of nitrogens with one attached hydrogen (secondary N) is 2. The first-order valence-electron chi connectivity index (χ1n) is 4.20. The van der Waals surface area contributed by atoms with Crippen LogP contribution in [-0.4, -0.2) is 17.1 Å². The number of amides is 2. The molecule has 0 radical (unpaired) electrons. The van der Waals surface area contributed by atoms with E-state index in [2.05, 4.69) is 10.6 Å². The van der Waals surface area contributed by atoms with Crippen LogP contribution >= 0.6 is 0 Å². The number of hydrogen-bond acceptors (Lipinski definition) is 2. The number of benzene rings is 1. The fourth-order valence-corrected chi connectivity index (χ4v) is 0.877. The number of carbonyl (C=O) groups is 2. The Hall–Kier alpha value is -2.30. The molecule has 0 saturated heterocycles. The SMILES string of the molecule is O=C(O)/C=C/NC(=O)Nc1ccccc1. The molecule has 78 valence electrons. The summed E-state index contributed by atoms with van der Waals surface area (Å²) in [5.41, 5.74) is 0.638. The second kappa shape index (κ2) is 5.43. The number of urea groups is 1. The van der Waals surface area contributed by atoms with E-state index in [-0.39, 0.29) is 0 Å². The van der Waals surface area contributed by atoms with Gasteiger partial charge in [0.15, 0.2) is 0 Å². The number of carboxylic acid groups (broad SMARTS) is 1. The molecule has 1 aromatic rings. The lowest BCUT2D eigenvalue weighted by Crippen LogP contribution is -2.23. The van der Waals surface area contributed by atoms with Gasteiger partial charge in [0.05, 0.1) is 0 Å². The Balaban J connectivity index is 2.40. The summed E-state index contributed by atoms with van der Waals surface area (Å²) < 4.78 is 0. The average Bonchev–Trinajstić information content (AvgIpc) is 2.18. The average molecular weight is 206 g/mol. The highest BCUT2D eigenvalue weighted by atomic mass is 16.4. The molecule has 0 fully saturated rings. The lowest BCUT2D eigenvalue weighted by molar-refractivity contribution is -0.131. The molecule has 0 atom stereocenters. The minimum Gasteiger partial charge on any atom is -0.478 e. The zero-order valence-corrected chi connectivity index (χ0v) is 7.81. The summed E-state index contributed by atoms with van der Waals surface area (Å²) in [6.07, 6.45) is 1.89. The molecule has 0 aromatic heterocycles. The predicted octanol–water partition coefficient (Wildman–Crippen LogP) is 1.41. The lowest BCUT2D eigenvalue weighted by Gasteiger charge is -2.02. The number of carboxylic acids is 1. The Morgan fingerprint density at radius 1 is 1.20 bits per heavy atom. The van der Waals surface area contributed by atoms with E-state index in [1.807, 2.05) is 6.07 Å². The van der Waals surface area contributed by atoms with Crippen molar-refractivity contribution in [2.24, 2.45) is 0 Å². The molecule has 15 heavy (non-hydrogen) atoms. The molecule has 0 aliphatic heterocycles. The minimum absolute atomic E-state index is 0.487. The van der Waals surface area contributed by atoms with E-state index < -0.39 is 12.0 Å². The zero-order chi connectivity index (χ0) is 11.1. The van der Waals surface area contributed by atoms with Crippen LogP contribution < -0.4 is 10.6 Å². The topological polar surface area (TPSA) is 78.4 Å². The Morgan fingerprint density at radius 3 is 2.47 bits per heavy atom. The number of hydrogen-bond donors (Lipinski definition) is 3. The highest BCUT2D eigenvalue weighted by Gasteiger charge is 1.97. The maximum Gasteiger partial charge on any atom is 0.329 e. The maximum absolute atomic E-state index is 11.1. The van der Waals surface area contributed by atoms with Crippen molar-refractivity contribution in [3.8, 4) is 0 Å². The van der Waals surface area contributed by atoms with Crippen molar-refractivity contribution >= 4 is 17.7 Å². The number of rotatable bonds is 3. The van der Waals surface area contributed by atoms with Gasteiger partial charge >= 0.3 is 12.0 Å². The van der Waals surface area contributed by atoms with Crippen LogP contribution in [0.4, 0.5) is 10.5 Å². The van der Waals surface area contributed by atoms with Gasteiger partial charge in [0.25, 0.3) is 0 Å². The van der Waals surface area contributed by atoms with E-state index in [0.29, 0.717) is 5.69 Å². The second-order valence-corrected chi connectivity index (χ2v) is 2.64. The van der Waals surface area contributed by atoms with E-state index in [1.165, 1.54) is 0 Å². The Labute approximate surface area is 86.4 Å². The normalized spacial score (nSPS) is 9.87. The fourth-order valence-electron chi connectivity index (χ4n) is 0.877. The van der Waals surface area contributed by atoms with Gasteiger partial charge in [-0.3, -0.25) is 0 Å². The highest BCUT2D eigenvalue weighted by Crippen LogP contribution is 2.03. The van der Waals surface area contributed by atoms with Gasteiger partial charge in [-0.05, 0) is 12.1 Å². The number of aliphatic carboxylic acids is 1. The first-order chi connectivity index (χ1) is 7.18. The van der Waals surface area contributed by atoms with E-state index in [0.717, 1.165) is 12.3 Å². The summed E-state index contributed by atoms with van der Waals surface area (Å²) in [6, 6.07) is 8.35. The largest absolute Gasteiger partial charge is 0.478 e. The van der Waals surface area contributed by atoms with E-state index in [1.54, 1.807) is 24.3 Å². The van der Waals surface area contributed by atoms with Crippen LogP contribution in [0.1, 0.15) is 0 Å². The molecular formula is C10H10N2O3. The quantitative estimate of drug-likeness (QED) is 0.654. The third-order valence-corrected chi connectivity index (χ3v) is 1.47. The van der Waals surface area contributed by atoms with Gasteiger partial charge < -0.3 is 15.7 Å². The van der Waals surface area contributed by atoms with Gasteiger partial charge in [-0.15, -0.1) is 0 Å². The fraction of sp³-hybridized carbons (Fsp3) is 0. The van der Waals surface area contributed by atoms with Crippen molar-refractivity contribution in [1.82, 2.24) is 5.32 Å². The van der Waals surface area contributed by atoms with Gasteiger partial charge in [-0.2, -0.15) is 0 Å². The standard InChI is InChI=1S/C10H10N2O3/c13-9(14)6-7-11-10(15)12-8-4-2-1-3-5-8/h1-7H,(H,13,14)(H2,11,12,15)/b7-6+. The first kappa shape index (κ1) is 10.8. The van der Waals surface area contributed by atoms with Crippen molar-refractivity contribution in [2.45, 2.75) is 0 Å². The maximum atomic E-state index is 11.1. The third kappa shape index (κ3) is 4.47. The molecule has 2 amide bonds. The summed E-state index contributed by atoms with van der Waals surface area (Å²) >= 11 is 0. The van der Waals surface area contributed by atoms with Crippen LogP contribution in [0.2, 0.25) is 0 Å². The molecule has 0 heterocycles. The molecule has 0 unspecified atom stereocenters. The van der Waals surface area contributed by atoms with Gasteiger partial charge in [0, 0.05) is 18.0 Å². The summed E-state index contributed by atoms with van der Waals surface area (Å²) in [4.78, 5) is 21.2. The molecule has 1 rings (SSSR count). The summed E-state index contributed by atoms with van der Waals surface area (Å²) in [5.74, 6) is -1.12. The number of carbonyl (C=O) groups excluding carboxylic acids is 1. The minimum atomic E-state index is -1.12. The predicted molar refractivity (Wildman–Crippen MR) is 55.4 cm³/mol. The Bertz CT molecular complexity index is 374. The molecule has 5 nitrogen and oxygen atoms in total. The van der Waals surface area contributed by atoms with Crippen LogP contribution in [0.15, 0.2) is 42.6 Å². The van der Waals surface area contributed by atoms with Crippen LogP contribution in [0.5, 0.6) is 0 Å². The Kier molecular flexibility index (Phi) is 3.91. The van der Waals surface area contributed by atoms with Crippen LogP contribution in [-0.2, 0) is 4.79 Å². The summed E-state index contributed by atoms with van der Waals surface area (Å²) in [6.45, 7) is 0. The summed E-state index contributed by atoms with van der Waals surface area (Å²) in [7, 11) is 0. The van der Waals surface area contributed by atoms with Gasteiger partial charge in [0.1, 0.15) is 0 Å². The van der Waals surface area contributed by atoms with Crippen molar-refractivity contribution in [3.05, 3.63) is 42.6 Å². The van der Waals surface area contributed by atoms with Gasteiger partial charge in [-0.1, -0.05) is 18.2 Å². The van der Waals surface area contributed by atoms with E-state index in [9.17, 15) is 9.59 Å². The molecule has 0 aliphatic rings. The van der Waals surface area contributed by atoms with Crippen LogP contribution in [0.3, 0.4) is 0 Å². The number of para-hydroxylation sites is 1. The van der Waals surface area contributed by atoms with Crippen molar-refractivity contribution in [1.29, 1.82) is 0 Å².